The Bertz CT molecular complexity index is 1190. The summed E-state index contributed by atoms with van der Waals surface area (Å²) in [5.41, 5.74) is 1.48. The number of benzene rings is 1. The first kappa shape index (κ1) is 19.1. The van der Waals surface area contributed by atoms with Crippen molar-refractivity contribution >= 4 is 16.8 Å². The van der Waals surface area contributed by atoms with Crippen molar-refractivity contribution in [2.45, 2.75) is 6.10 Å². The highest BCUT2D eigenvalue weighted by Gasteiger charge is 2.30. The van der Waals surface area contributed by atoms with Crippen molar-refractivity contribution in [1.82, 2.24) is 25.0 Å². The highest BCUT2D eigenvalue weighted by Crippen LogP contribution is 2.25. The molecule has 31 heavy (non-hydrogen) atoms. The lowest BCUT2D eigenvalue weighted by molar-refractivity contribution is -0.142. The van der Waals surface area contributed by atoms with Gasteiger partial charge in [-0.05, 0) is 24.3 Å². The molecule has 0 aliphatic carbocycles. The van der Waals surface area contributed by atoms with E-state index in [9.17, 15) is 4.79 Å². The molecule has 1 saturated heterocycles. The van der Waals surface area contributed by atoms with Crippen LogP contribution in [0, 0.1) is 0 Å². The van der Waals surface area contributed by atoms with Crippen LogP contribution < -0.4 is 4.74 Å². The molecule has 9 nitrogen and oxygen atoms in total. The minimum Gasteiger partial charge on any atom is -0.481 e. The van der Waals surface area contributed by atoms with E-state index in [2.05, 4.69) is 20.1 Å². The molecule has 1 atom stereocenters. The molecular formula is C22H19N5O4. The molecule has 3 aromatic heterocycles. The molecule has 156 valence electrons. The minimum atomic E-state index is -0.491. The fourth-order valence-electron chi connectivity index (χ4n) is 3.43. The van der Waals surface area contributed by atoms with Gasteiger partial charge in [-0.15, -0.1) is 0 Å². The summed E-state index contributed by atoms with van der Waals surface area (Å²) in [5.74, 6) is 1.19. The first-order valence-electron chi connectivity index (χ1n) is 9.88. The molecule has 0 radical (unpaired) electrons. The Labute approximate surface area is 177 Å². The molecule has 1 aliphatic heterocycles. The second-order valence-corrected chi connectivity index (χ2v) is 7.02. The molecule has 1 aliphatic rings. The van der Waals surface area contributed by atoms with E-state index in [4.69, 9.17) is 14.0 Å². The van der Waals surface area contributed by atoms with Crippen molar-refractivity contribution in [1.29, 1.82) is 0 Å². The molecule has 0 unspecified atom stereocenters. The van der Waals surface area contributed by atoms with E-state index in [1.165, 1.54) is 0 Å². The van der Waals surface area contributed by atoms with Gasteiger partial charge in [0.05, 0.1) is 13.2 Å². The van der Waals surface area contributed by atoms with Gasteiger partial charge in [0.1, 0.15) is 11.3 Å². The van der Waals surface area contributed by atoms with Gasteiger partial charge in [-0.25, -0.2) is 0 Å². The zero-order valence-corrected chi connectivity index (χ0v) is 16.5. The third-order valence-corrected chi connectivity index (χ3v) is 5.00. The van der Waals surface area contributed by atoms with Crippen LogP contribution in [-0.4, -0.2) is 57.2 Å². The predicted molar refractivity (Wildman–Crippen MR) is 110 cm³/mol. The summed E-state index contributed by atoms with van der Waals surface area (Å²) in [7, 11) is 0. The van der Waals surface area contributed by atoms with Gasteiger partial charge in [0.15, 0.2) is 12.7 Å². The first-order valence-corrected chi connectivity index (χ1v) is 9.88. The Morgan fingerprint density at radius 3 is 2.97 bits per heavy atom. The monoisotopic (exact) mass is 417 g/mol. The van der Waals surface area contributed by atoms with Crippen LogP contribution in [0.25, 0.3) is 22.3 Å². The summed E-state index contributed by atoms with van der Waals surface area (Å²) in [6, 6.07) is 13.1. The largest absolute Gasteiger partial charge is 0.481 e. The van der Waals surface area contributed by atoms with Gasteiger partial charge in [-0.2, -0.15) is 4.98 Å². The lowest BCUT2D eigenvalue weighted by Gasteiger charge is -2.31. The smallest absolute Gasteiger partial charge is 0.260 e. The number of morpholine rings is 1. The SMILES string of the molecule is O=C(COc1cccc2cccnc12)N1CCO[C@H](c2nc(-c3cccnc3)no2)C1. The predicted octanol–water partition coefficient (Wildman–Crippen LogP) is 2.66. The molecule has 1 fully saturated rings. The van der Waals surface area contributed by atoms with Gasteiger partial charge >= 0.3 is 0 Å². The lowest BCUT2D eigenvalue weighted by atomic mass is 10.2. The molecule has 1 aromatic carbocycles. The number of aromatic nitrogens is 4. The van der Waals surface area contributed by atoms with Crippen molar-refractivity contribution in [2.24, 2.45) is 0 Å². The van der Waals surface area contributed by atoms with Gasteiger partial charge in [-0.3, -0.25) is 14.8 Å². The maximum atomic E-state index is 12.8. The van der Waals surface area contributed by atoms with E-state index >= 15 is 0 Å². The zero-order valence-electron chi connectivity index (χ0n) is 16.5. The third kappa shape index (κ3) is 4.08. The molecule has 9 heteroatoms. The maximum Gasteiger partial charge on any atom is 0.260 e. The molecule has 4 heterocycles. The number of ether oxygens (including phenoxy) is 2. The molecule has 0 saturated carbocycles. The number of hydrogen-bond acceptors (Lipinski definition) is 8. The second-order valence-electron chi connectivity index (χ2n) is 7.02. The van der Waals surface area contributed by atoms with Gasteiger partial charge in [-0.1, -0.05) is 23.4 Å². The normalized spacial score (nSPS) is 16.4. The number of nitrogens with zero attached hydrogens (tertiary/aromatic N) is 5. The fourth-order valence-corrected chi connectivity index (χ4v) is 3.43. The van der Waals surface area contributed by atoms with Crippen LogP contribution in [0.15, 0.2) is 65.6 Å². The highest BCUT2D eigenvalue weighted by atomic mass is 16.5. The molecule has 1 amide bonds. The Morgan fingerprint density at radius 2 is 2.06 bits per heavy atom. The average Bonchev–Trinajstić information content (AvgIpc) is 3.34. The van der Waals surface area contributed by atoms with Gasteiger partial charge in [0.2, 0.25) is 5.82 Å². The Balaban J connectivity index is 1.24. The molecule has 0 bridgehead atoms. The third-order valence-electron chi connectivity index (χ3n) is 5.00. The summed E-state index contributed by atoms with van der Waals surface area (Å²) in [6.45, 7) is 1.06. The number of carbonyl (C=O) groups is 1. The van der Waals surface area contributed by atoms with E-state index in [0.717, 1.165) is 16.5 Å². The van der Waals surface area contributed by atoms with Crippen LogP contribution in [0.2, 0.25) is 0 Å². The van der Waals surface area contributed by atoms with Gasteiger partial charge in [0.25, 0.3) is 11.8 Å². The van der Waals surface area contributed by atoms with Crippen molar-refractivity contribution in [3.05, 3.63) is 66.9 Å². The van der Waals surface area contributed by atoms with E-state index in [1.54, 1.807) is 29.6 Å². The number of rotatable bonds is 5. The molecule has 4 aromatic rings. The summed E-state index contributed by atoms with van der Waals surface area (Å²) >= 11 is 0. The lowest BCUT2D eigenvalue weighted by Crippen LogP contribution is -2.44. The van der Waals surface area contributed by atoms with Crippen molar-refractivity contribution < 1.29 is 18.8 Å². The van der Waals surface area contributed by atoms with E-state index in [1.807, 2.05) is 36.4 Å². The first-order chi connectivity index (χ1) is 15.3. The van der Waals surface area contributed by atoms with Crippen LogP contribution >= 0.6 is 0 Å². The zero-order chi connectivity index (χ0) is 21.0. The fraction of sp³-hybridized carbons (Fsp3) is 0.227. The summed E-state index contributed by atoms with van der Waals surface area (Å²) in [5, 5.41) is 4.95. The van der Waals surface area contributed by atoms with E-state index in [0.29, 0.717) is 37.2 Å². The number of para-hydroxylation sites is 1. The van der Waals surface area contributed by atoms with Gasteiger partial charge in [0, 0.05) is 36.1 Å². The highest BCUT2D eigenvalue weighted by molar-refractivity contribution is 5.85. The average molecular weight is 417 g/mol. The topological polar surface area (TPSA) is 103 Å². The van der Waals surface area contributed by atoms with Crippen molar-refractivity contribution in [3.63, 3.8) is 0 Å². The minimum absolute atomic E-state index is 0.0901. The Kier molecular flexibility index (Phi) is 5.24. The maximum absolute atomic E-state index is 12.8. The number of fused-ring (bicyclic) bond motifs is 1. The van der Waals surface area contributed by atoms with Crippen molar-refractivity contribution in [2.75, 3.05) is 26.3 Å². The van der Waals surface area contributed by atoms with Crippen LogP contribution in [0.5, 0.6) is 5.75 Å². The molecule has 5 rings (SSSR count). The second kappa shape index (κ2) is 8.49. The molecular weight excluding hydrogens is 398 g/mol. The molecule has 0 spiro atoms. The van der Waals surface area contributed by atoms with Crippen LogP contribution in [0.1, 0.15) is 12.0 Å². The number of hydrogen-bond donors (Lipinski definition) is 0. The Morgan fingerprint density at radius 1 is 1.16 bits per heavy atom. The van der Waals surface area contributed by atoms with Crippen LogP contribution in [0.4, 0.5) is 0 Å². The van der Waals surface area contributed by atoms with Crippen LogP contribution in [-0.2, 0) is 9.53 Å². The number of pyridine rings is 2. The van der Waals surface area contributed by atoms with Crippen molar-refractivity contribution in [3.8, 4) is 17.1 Å². The summed E-state index contributed by atoms with van der Waals surface area (Å²) < 4.78 is 16.9. The Hall–Kier alpha value is -3.85. The number of carbonyl (C=O) groups excluding carboxylic acids is 1. The van der Waals surface area contributed by atoms with E-state index < -0.39 is 6.10 Å². The van der Waals surface area contributed by atoms with E-state index in [-0.39, 0.29) is 12.5 Å². The molecule has 0 N–H and O–H groups in total. The van der Waals surface area contributed by atoms with Crippen LogP contribution in [0.3, 0.4) is 0 Å². The standard InChI is InChI=1S/C22H19N5O4/c28-19(14-30-17-7-1-4-15-5-3-9-24-20(15)17)27-10-11-29-18(13-27)22-25-21(26-31-22)16-6-2-8-23-12-16/h1-9,12,18H,10-11,13-14H2/t18-/m0/s1. The van der Waals surface area contributed by atoms with Gasteiger partial charge < -0.3 is 18.9 Å². The summed E-state index contributed by atoms with van der Waals surface area (Å²) in [6.07, 6.45) is 4.54. The quantitative estimate of drug-likeness (QED) is 0.488. The summed E-state index contributed by atoms with van der Waals surface area (Å²) in [4.78, 5) is 27.3. The number of amides is 1.